The van der Waals surface area contributed by atoms with E-state index in [0.717, 1.165) is 10.5 Å². The molecule has 3 rings (SSSR count). The number of urea groups is 1. The SMILES string of the molecule is COc1cc(Cl)c(C)cc1NC(=O)CN1C(=O)N[C@@](C)(c2ccccc2Cl)C1=O. The molecule has 1 atom stereocenters. The normalized spacial score (nSPS) is 18.6. The number of anilines is 1. The predicted octanol–water partition coefficient (Wildman–Crippen LogP) is 3.72. The Morgan fingerprint density at radius 3 is 2.55 bits per heavy atom. The minimum Gasteiger partial charge on any atom is -0.495 e. The van der Waals surface area contributed by atoms with E-state index in [1.807, 2.05) is 0 Å². The van der Waals surface area contributed by atoms with Crippen LogP contribution in [-0.2, 0) is 15.1 Å². The third-order valence-corrected chi connectivity index (χ3v) is 5.48. The summed E-state index contributed by atoms with van der Waals surface area (Å²) in [5.74, 6) is -0.756. The molecule has 7 nitrogen and oxygen atoms in total. The lowest BCUT2D eigenvalue weighted by Gasteiger charge is -2.23. The molecule has 0 bridgehead atoms. The van der Waals surface area contributed by atoms with Crippen LogP contribution < -0.4 is 15.4 Å². The maximum Gasteiger partial charge on any atom is 0.325 e. The van der Waals surface area contributed by atoms with Crippen molar-refractivity contribution in [2.45, 2.75) is 19.4 Å². The van der Waals surface area contributed by atoms with Gasteiger partial charge in [0.1, 0.15) is 17.8 Å². The lowest BCUT2D eigenvalue weighted by Crippen LogP contribution is -2.42. The number of methoxy groups -OCH3 is 1. The fourth-order valence-electron chi connectivity index (χ4n) is 3.15. The number of ether oxygens (including phenoxy) is 1. The van der Waals surface area contributed by atoms with Crippen LogP contribution in [0.4, 0.5) is 10.5 Å². The maximum absolute atomic E-state index is 13.0. The summed E-state index contributed by atoms with van der Waals surface area (Å²) in [5, 5.41) is 6.11. The van der Waals surface area contributed by atoms with E-state index in [0.29, 0.717) is 27.0 Å². The molecule has 0 radical (unpaired) electrons. The third-order valence-electron chi connectivity index (χ3n) is 4.74. The van der Waals surface area contributed by atoms with E-state index in [4.69, 9.17) is 27.9 Å². The molecule has 1 fully saturated rings. The highest BCUT2D eigenvalue weighted by Gasteiger charge is 2.50. The van der Waals surface area contributed by atoms with Gasteiger partial charge >= 0.3 is 6.03 Å². The van der Waals surface area contributed by atoms with E-state index in [1.165, 1.54) is 7.11 Å². The summed E-state index contributed by atoms with van der Waals surface area (Å²) in [5.41, 5.74) is 0.229. The topological polar surface area (TPSA) is 87.7 Å². The van der Waals surface area contributed by atoms with Gasteiger partial charge in [0.2, 0.25) is 5.91 Å². The van der Waals surface area contributed by atoms with E-state index >= 15 is 0 Å². The monoisotopic (exact) mass is 435 g/mol. The maximum atomic E-state index is 13.0. The zero-order valence-electron chi connectivity index (χ0n) is 16.0. The highest BCUT2D eigenvalue weighted by atomic mass is 35.5. The van der Waals surface area contributed by atoms with Crippen molar-refractivity contribution in [3.05, 3.63) is 57.6 Å². The van der Waals surface area contributed by atoms with Crippen LogP contribution in [0.5, 0.6) is 5.75 Å². The molecule has 2 N–H and O–H groups in total. The number of nitrogens with one attached hydrogen (secondary N) is 2. The number of hydrogen-bond acceptors (Lipinski definition) is 4. The quantitative estimate of drug-likeness (QED) is 0.700. The molecule has 152 valence electrons. The van der Waals surface area contributed by atoms with Crippen LogP contribution in [0.2, 0.25) is 10.0 Å². The smallest absolute Gasteiger partial charge is 0.325 e. The number of benzene rings is 2. The summed E-state index contributed by atoms with van der Waals surface area (Å²) >= 11 is 12.3. The molecule has 29 heavy (non-hydrogen) atoms. The summed E-state index contributed by atoms with van der Waals surface area (Å²) in [6, 6.07) is 9.29. The van der Waals surface area contributed by atoms with Crippen molar-refractivity contribution in [1.82, 2.24) is 10.2 Å². The molecule has 1 aliphatic heterocycles. The van der Waals surface area contributed by atoms with Crippen molar-refractivity contribution < 1.29 is 19.1 Å². The Balaban J connectivity index is 1.80. The Labute approximate surface area is 177 Å². The summed E-state index contributed by atoms with van der Waals surface area (Å²) in [6.45, 7) is 2.87. The first-order valence-corrected chi connectivity index (χ1v) is 9.46. The minimum absolute atomic E-state index is 0.344. The summed E-state index contributed by atoms with van der Waals surface area (Å²) in [7, 11) is 1.45. The van der Waals surface area contributed by atoms with Crippen molar-refractivity contribution in [3.63, 3.8) is 0 Å². The first-order chi connectivity index (χ1) is 13.7. The molecule has 1 aliphatic rings. The van der Waals surface area contributed by atoms with Crippen LogP contribution in [0.15, 0.2) is 36.4 Å². The van der Waals surface area contributed by atoms with Crippen LogP contribution in [0, 0.1) is 6.92 Å². The van der Waals surface area contributed by atoms with Gasteiger partial charge in [-0.2, -0.15) is 0 Å². The molecule has 4 amide bonds. The van der Waals surface area contributed by atoms with Crippen molar-refractivity contribution in [2.24, 2.45) is 0 Å². The van der Waals surface area contributed by atoms with Gasteiger partial charge in [0, 0.05) is 21.7 Å². The molecule has 0 spiro atoms. The largest absolute Gasteiger partial charge is 0.495 e. The van der Waals surface area contributed by atoms with Crippen LogP contribution in [0.25, 0.3) is 0 Å². The number of halogens is 2. The summed E-state index contributed by atoms with van der Waals surface area (Å²) < 4.78 is 5.22. The number of carbonyl (C=O) groups is 3. The van der Waals surface area contributed by atoms with E-state index in [1.54, 1.807) is 50.2 Å². The Morgan fingerprint density at radius 1 is 1.21 bits per heavy atom. The van der Waals surface area contributed by atoms with Gasteiger partial charge in [0.05, 0.1) is 12.8 Å². The zero-order chi connectivity index (χ0) is 21.3. The van der Waals surface area contributed by atoms with Gasteiger partial charge < -0.3 is 15.4 Å². The third kappa shape index (κ3) is 3.88. The standard InChI is InChI=1S/C20H19Cl2N3O4/c1-11-8-15(16(29-3)9-14(11)22)23-17(26)10-25-18(27)20(2,24-19(25)28)12-6-4-5-7-13(12)21/h4-9H,10H2,1-3H3,(H,23,26)(H,24,28)/t20-/m0/s1. The molecule has 0 saturated carbocycles. The van der Waals surface area contributed by atoms with E-state index in [2.05, 4.69) is 10.6 Å². The zero-order valence-corrected chi connectivity index (χ0v) is 17.5. The van der Waals surface area contributed by atoms with Crippen molar-refractivity contribution in [3.8, 4) is 5.75 Å². The Kier molecular flexibility index (Phi) is 5.73. The Morgan fingerprint density at radius 2 is 1.90 bits per heavy atom. The van der Waals surface area contributed by atoms with Gasteiger partial charge in [0.15, 0.2) is 0 Å². The number of carbonyl (C=O) groups excluding carboxylic acids is 3. The number of amides is 4. The van der Waals surface area contributed by atoms with E-state index in [9.17, 15) is 14.4 Å². The Hall–Kier alpha value is -2.77. The van der Waals surface area contributed by atoms with Gasteiger partial charge in [0.25, 0.3) is 5.91 Å². The van der Waals surface area contributed by atoms with Crippen molar-refractivity contribution in [2.75, 3.05) is 19.0 Å². The second kappa shape index (κ2) is 7.93. The lowest BCUT2D eigenvalue weighted by molar-refractivity contribution is -0.133. The molecular weight excluding hydrogens is 417 g/mol. The second-order valence-corrected chi connectivity index (χ2v) is 7.59. The molecule has 1 saturated heterocycles. The molecule has 1 heterocycles. The van der Waals surface area contributed by atoms with Gasteiger partial charge in [-0.05, 0) is 31.5 Å². The molecule has 9 heteroatoms. The number of imide groups is 1. The van der Waals surface area contributed by atoms with Crippen molar-refractivity contribution >= 4 is 46.7 Å². The number of hydrogen-bond donors (Lipinski definition) is 2. The average Bonchev–Trinajstić information content (AvgIpc) is 2.88. The molecular formula is C20H19Cl2N3O4. The predicted molar refractivity (Wildman–Crippen MR) is 110 cm³/mol. The van der Waals surface area contributed by atoms with Gasteiger partial charge in [-0.3, -0.25) is 14.5 Å². The molecule has 0 aromatic heterocycles. The van der Waals surface area contributed by atoms with Crippen LogP contribution in [0.1, 0.15) is 18.1 Å². The summed E-state index contributed by atoms with van der Waals surface area (Å²) in [4.78, 5) is 38.8. The van der Waals surface area contributed by atoms with Gasteiger partial charge in [-0.1, -0.05) is 41.4 Å². The lowest BCUT2D eigenvalue weighted by atomic mass is 9.92. The van der Waals surface area contributed by atoms with Gasteiger partial charge in [-0.25, -0.2) is 4.79 Å². The first kappa shape index (κ1) is 21.0. The fourth-order valence-corrected chi connectivity index (χ4v) is 3.63. The van der Waals surface area contributed by atoms with Crippen LogP contribution >= 0.6 is 23.2 Å². The first-order valence-electron chi connectivity index (χ1n) is 8.70. The average molecular weight is 436 g/mol. The highest BCUT2D eigenvalue weighted by Crippen LogP contribution is 2.34. The van der Waals surface area contributed by atoms with E-state index < -0.39 is 29.9 Å². The molecule has 0 unspecified atom stereocenters. The van der Waals surface area contributed by atoms with Gasteiger partial charge in [-0.15, -0.1) is 0 Å². The minimum atomic E-state index is -1.36. The number of aryl methyl sites for hydroxylation is 1. The highest BCUT2D eigenvalue weighted by molar-refractivity contribution is 6.32. The number of rotatable bonds is 5. The van der Waals surface area contributed by atoms with Crippen molar-refractivity contribution in [1.29, 1.82) is 0 Å². The van der Waals surface area contributed by atoms with Crippen LogP contribution in [-0.4, -0.2) is 36.4 Å². The Bertz CT molecular complexity index is 1010. The molecule has 0 aliphatic carbocycles. The fraction of sp³-hybridized carbons (Fsp3) is 0.250. The molecule has 2 aromatic rings. The number of nitrogens with zero attached hydrogens (tertiary/aromatic N) is 1. The van der Waals surface area contributed by atoms with Crippen LogP contribution in [0.3, 0.4) is 0 Å². The van der Waals surface area contributed by atoms with E-state index in [-0.39, 0.29) is 0 Å². The molecule has 2 aromatic carbocycles. The summed E-state index contributed by atoms with van der Waals surface area (Å²) in [6.07, 6.45) is 0. The second-order valence-electron chi connectivity index (χ2n) is 6.78.